The molecular formula is C34H42BrN3O5S. The van der Waals surface area contributed by atoms with Crippen molar-refractivity contribution in [1.82, 2.24) is 10.2 Å². The first-order valence-corrected chi connectivity index (χ1v) is 17.5. The molecule has 1 aliphatic carbocycles. The van der Waals surface area contributed by atoms with Crippen molar-refractivity contribution in [3.05, 3.63) is 88.4 Å². The van der Waals surface area contributed by atoms with E-state index in [0.29, 0.717) is 24.5 Å². The zero-order valence-corrected chi connectivity index (χ0v) is 28.1. The van der Waals surface area contributed by atoms with Crippen LogP contribution in [-0.2, 0) is 26.2 Å². The first-order valence-electron chi connectivity index (χ1n) is 15.3. The van der Waals surface area contributed by atoms with Crippen molar-refractivity contribution in [3.63, 3.8) is 0 Å². The van der Waals surface area contributed by atoms with Crippen molar-refractivity contribution in [2.75, 3.05) is 17.5 Å². The Labute approximate surface area is 270 Å². The van der Waals surface area contributed by atoms with E-state index < -0.39 is 28.5 Å². The molecule has 1 atom stereocenters. The Kier molecular flexibility index (Phi) is 11.9. The van der Waals surface area contributed by atoms with Crippen molar-refractivity contribution in [2.45, 2.75) is 82.8 Å². The Bertz CT molecular complexity index is 1490. The summed E-state index contributed by atoms with van der Waals surface area (Å²) in [5.41, 5.74) is 2.26. The van der Waals surface area contributed by atoms with E-state index in [2.05, 4.69) is 21.2 Å². The van der Waals surface area contributed by atoms with Gasteiger partial charge >= 0.3 is 0 Å². The molecular weight excluding hydrogens is 642 g/mol. The minimum atomic E-state index is -4.15. The number of hydrogen-bond acceptors (Lipinski definition) is 5. The average molecular weight is 685 g/mol. The highest BCUT2D eigenvalue weighted by atomic mass is 79.9. The predicted molar refractivity (Wildman–Crippen MR) is 177 cm³/mol. The Balaban J connectivity index is 1.70. The van der Waals surface area contributed by atoms with Gasteiger partial charge in [-0.1, -0.05) is 71.9 Å². The fraction of sp³-hybridized carbons (Fsp3) is 0.412. The summed E-state index contributed by atoms with van der Waals surface area (Å²) in [6.07, 6.45) is 5.53. The molecule has 2 amide bonds. The topological polar surface area (TPSA) is 96.0 Å². The molecule has 0 bridgehead atoms. The van der Waals surface area contributed by atoms with E-state index in [1.807, 2.05) is 45.0 Å². The summed E-state index contributed by atoms with van der Waals surface area (Å²) in [6, 6.07) is 20.1. The van der Waals surface area contributed by atoms with Gasteiger partial charge in [-0.2, -0.15) is 0 Å². The lowest BCUT2D eigenvalue weighted by molar-refractivity contribution is -0.140. The smallest absolute Gasteiger partial charge is 0.264 e. The normalized spacial score (nSPS) is 14.5. The van der Waals surface area contributed by atoms with Crippen LogP contribution in [0.25, 0.3) is 0 Å². The molecule has 0 radical (unpaired) electrons. The zero-order chi connectivity index (χ0) is 31.7. The highest BCUT2D eigenvalue weighted by molar-refractivity contribution is 9.10. The van der Waals surface area contributed by atoms with Gasteiger partial charge in [0.1, 0.15) is 18.3 Å². The minimum absolute atomic E-state index is 0.0505. The third-order valence-electron chi connectivity index (χ3n) is 7.93. The summed E-state index contributed by atoms with van der Waals surface area (Å²) in [5.74, 6) is -0.0796. The number of benzene rings is 3. The number of rotatable bonds is 13. The molecule has 1 aliphatic rings. The number of sulfonamides is 1. The maximum Gasteiger partial charge on any atom is 0.264 e. The van der Waals surface area contributed by atoms with E-state index in [-0.39, 0.29) is 23.4 Å². The number of aryl methyl sites for hydroxylation is 1. The molecule has 0 spiro atoms. The SMILES string of the molecule is CCOc1ccc(N(CC(=O)N(Cc2ccc(C)cc2)[C@@H](CC)C(=O)NC2CCCCC2)S(=O)(=O)c2ccc(Br)cc2)cc1. The van der Waals surface area contributed by atoms with Crippen molar-refractivity contribution in [1.29, 1.82) is 0 Å². The van der Waals surface area contributed by atoms with Crippen molar-refractivity contribution in [3.8, 4) is 5.75 Å². The summed E-state index contributed by atoms with van der Waals surface area (Å²) in [7, 11) is -4.15. The van der Waals surface area contributed by atoms with E-state index >= 15 is 0 Å². The highest BCUT2D eigenvalue weighted by Crippen LogP contribution is 2.28. The number of amides is 2. The van der Waals surface area contributed by atoms with Gasteiger partial charge in [-0.3, -0.25) is 13.9 Å². The van der Waals surface area contributed by atoms with Gasteiger partial charge in [-0.25, -0.2) is 8.42 Å². The summed E-state index contributed by atoms with van der Waals surface area (Å²) >= 11 is 3.36. The second-order valence-corrected chi connectivity index (χ2v) is 13.9. The minimum Gasteiger partial charge on any atom is -0.494 e. The van der Waals surface area contributed by atoms with Crippen molar-refractivity contribution in [2.24, 2.45) is 0 Å². The van der Waals surface area contributed by atoms with Crippen LogP contribution in [0.2, 0.25) is 0 Å². The van der Waals surface area contributed by atoms with Crippen LogP contribution in [-0.4, -0.2) is 50.4 Å². The molecule has 1 saturated carbocycles. The Morgan fingerprint density at radius 3 is 2.16 bits per heavy atom. The van der Waals surface area contributed by atoms with Gasteiger partial charge in [-0.15, -0.1) is 0 Å². The van der Waals surface area contributed by atoms with Crippen LogP contribution in [0.5, 0.6) is 5.75 Å². The highest BCUT2D eigenvalue weighted by Gasteiger charge is 2.34. The molecule has 8 nitrogen and oxygen atoms in total. The summed E-state index contributed by atoms with van der Waals surface area (Å²) < 4.78 is 35.6. The fourth-order valence-corrected chi connectivity index (χ4v) is 7.17. The zero-order valence-electron chi connectivity index (χ0n) is 25.7. The number of carbonyl (C=O) groups is 2. The lowest BCUT2D eigenvalue weighted by Gasteiger charge is -2.34. The second kappa shape index (κ2) is 15.6. The number of hydrogen-bond donors (Lipinski definition) is 1. The molecule has 4 rings (SSSR count). The van der Waals surface area contributed by atoms with Crippen LogP contribution < -0.4 is 14.4 Å². The van der Waals surface area contributed by atoms with Gasteiger partial charge in [-0.05, 0) is 87.2 Å². The number of carbonyl (C=O) groups excluding carboxylic acids is 2. The molecule has 44 heavy (non-hydrogen) atoms. The van der Waals surface area contributed by atoms with Gasteiger partial charge in [0, 0.05) is 17.1 Å². The molecule has 236 valence electrons. The van der Waals surface area contributed by atoms with Crippen LogP contribution in [0.4, 0.5) is 5.69 Å². The maximum absolute atomic E-state index is 14.3. The lowest BCUT2D eigenvalue weighted by atomic mass is 9.95. The third kappa shape index (κ3) is 8.63. The number of anilines is 1. The standard InChI is InChI=1S/C34H42BrN3O5S/c1-4-32(34(40)36-28-9-7-6-8-10-28)37(23-26-13-11-25(3)12-14-26)33(39)24-38(29-17-19-30(20-18-29)43-5-2)44(41,42)31-21-15-27(35)16-22-31/h11-22,28,32H,4-10,23-24H2,1-3H3,(H,36,40)/t32-/m0/s1. The summed E-state index contributed by atoms with van der Waals surface area (Å²) in [4.78, 5) is 29.6. The quantitative estimate of drug-likeness (QED) is 0.219. The molecule has 3 aromatic carbocycles. The van der Waals surface area contributed by atoms with E-state index in [1.54, 1.807) is 36.4 Å². The van der Waals surface area contributed by atoms with E-state index in [0.717, 1.165) is 52.0 Å². The van der Waals surface area contributed by atoms with Crippen LogP contribution in [0.15, 0.2) is 82.2 Å². The molecule has 3 aromatic rings. The lowest BCUT2D eigenvalue weighted by Crippen LogP contribution is -2.54. The van der Waals surface area contributed by atoms with Gasteiger partial charge in [0.05, 0.1) is 17.2 Å². The molecule has 10 heteroatoms. The predicted octanol–water partition coefficient (Wildman–Crippen LogP) is 6.61. The van der Waals surface area contributed by atoms with Crippen LogP contribution in [0, 0.1) is 6.92 Å². The first kappa shape index (κ1) is 33.5. The van der Waals surface area contributed by atoms with Crippen LogP contribution in [0.1, 0.15) is 63.5 Å². The van der Waals surface area contributed by atoms with Crippen molar-refractivity contribution >= 4 is 43.5 Å². The monoisotopic (exact) mass is 683 g/mol. The van der Waals surface area contributed by atoms with E-state index in [1.165, 1.54) is 17.0 Å². The third-order valence-corrected chi connectivity index (χ3v) is 10.2. The summed E-state index contributed by atoms with van der Waals surface area (Å²) in [6.45, 7) is 5.89. The number of ether oxygens (including phenoxy) is 1. The Hall–Kier alpha value is -3.37. The maximum atomic E-state index is 14.3. The number of nitrogens with one attached hydrogen (secondary N) is 1. The Morgan fingerprint density at radius 2 is 1.57 bits per heavy atom. The molecule has 0 aliphatic heterocycles. The van der Waals surface area contributed by atoms with Crippen LogP contribution >= 0.6 is 15.9 Å². The second-order valence-electron chi connectivity index (χ2n) is 11.2. The molecule has 1 fully saturated rings. The summed E-state index contributed by atoms with van der Waals surface area (Å²) in [5, 5.41) is 3.18. The fourth-order valence-electron chi connectivity index (χ4n) is 5.49. The van der Waals surface area contributed by atoms with Gasteiger partial charge < -0.3 is 15.0 Å². The molecule has 0 heterocycles. The molecule has 0 unspecified atom stereocenters. The molecule has 1 N–H and O–H groups in total. The number of halogens is 1. The van der Waals surface area contributed by atoms with E-state index in [9.17, 15) is 18.0 Å². The van der Waals surface area contributed by atoms with E-state index in [4.69, 9.17) is 4.74 Å². The first-order chi connectivity index (χ1) is 21.1. The average Bonchev–Trinajstić information content (AvgIpc) is 3.02. The van der Waals surface area contributed by atoms with Gasteiger partial charge in [0.25, 0.3) is 10.0 Å². The van der Waals surface area contributed by atoms with Crippen molar-refractivity contribution < 1.29 is 22.7 Å². The van der Waals surface area contributed by atoms with Crippen LogP contribution in [0.3, 0.4) is 0 Å². The van der Waals surface area contributed by atoms with Gasteiger partial charge in [0.2, 0.25) is 11.8 Å². The van der Waals surface area contributed by atoms with Gasteiger partial charge in [0.15, 0.2) is 0 Å². The Morgan fingerprint density at radius 1 is 0.932 bits per heavy atom. The molecule has 0 aromatic heterocycles. The number of nitrogens with zero attached hydrogens (tertiary/aromatic N) is 2. The molecule has 0 saturated heterocycles. The largest absolute Gasteiger partial charge is 0.494 e.